The molecular weight excluding hydrogens is 310 g/mol. The molecule has 1 aromatic heterocycles. The van der Waals surface area contributed by atoms with Crippen molar-refractivity contribution >= 4 is 5.97 Å². The minimum atomic E-state index is -0.520. The summed E-state index contributed by atoms with van der Waals surface area (Å²) in [6.45, 7) is 0.943. The molecule has 0 N–H and O–H groups in total. The molecule has 0 aliphatic carbocycles. The summed E-state index contributed by atoms with van der Waals surface area (Å²) in [6, 6.07) is 9.23. The van der Waals surface area contributed by atoms with Gasteiger partial charge in [0.15, 0.2) is 11.4 Å². The van der Waals surface area contributed by atoms with Crippen LogP contribution in [-0.4, -0.2) is 31.8 Å². The summed E-state index contributed by atoms with van der Waals surface area (Å²) in [6.07, 6.45) is 1.66. The first-order valence-corrected chi connectivity index (χ1v) is 7.72. The third kappa shape index (κ3) is 3.42. The molecule has 0 radical (unpaired) electrons. The van der Waals surface area contributed by atoms with E-state index in [9.17, 15) is 4.79 Å². The number of esters is 1. The molecule has 2 aromatic rings. The number of carbonyl (C=O) groups excluding carboxylic acids is 1. The summed E-state index contributed by atoms with van der Waals surface area (Å²) in [7, 11) is 2.94. The van der Waals surface area contributed by atoms with Crippen LogP contribution in [0.25, 0.3) is 0 Å². The number of ether oxygens (including phenoxy) is 4. The second-order valence-corrected chi connectivity index (χ2v) is 5.36. The quantitative estimate of drug-likeness (QED) is 0.786. The molecule has 126 valence electrons. The van der Waals surface area contributed by atoms with Crippen molar-refractivity contribution in [2.45, 2.75) is 19.4 Å². The summed E-state index contributed by atoms with van der Waals surface area (Å²) in [5.41, 5.74) is 1.89. The van der Waals surface area contributed by atoms with E-state index in [1.807, 2.05) is 24.3 Å². The molecule has 2 heterocycles. The molecule has 0 saturated carbocycles. The predicted octanol–water partition coefficient (Wildman–Crippen LogP) is 2.78. The Labute approximate surface area is 140 Å². The molecule has 0 saturated heterocycles. The zero-order valence-electron chi connectivity index (χ0n) is 13.7. The zero-order valence-corrected chi connectivity index (χ0v) is 13.7. The highest BCUT2D eigenvalue weighted by Gasteiger charge is 2.22. The molecule has 0 amide bonds. The number of hydrogen-bond donors (Lipinski definition) is 0. The van der Waals surface area contributed by atoms with Gasteiger partial charge in [-0.3, -0.25) is 0 Å². The van der Waals surface area contributed by atoms with Gasteiger partial charge in [0, 0.05) is 6.07 Å². The monoisotopic (exact) mass is 329 g/mol. The number of benzene rings is 1. The average Bonchev–Trinajstić information content (AvgIpc) is 2.65. The Balaban J connectivity index is 1.83. The largest absolute Gasteiger partial charge is 0.497 e. The van der Waals surface area contributed by atoms with E-state index in [1.54, 1.807) is 13.2 Å². The minimum absolute atomic E-state index is 0.176. The SMILES string of the molecule is COC(=O)c1nc2c(cc1OCc1ccc(OC)cc1)OCCC2. The van der Waals surface area contributed by atoms with Gasteiger partial charge in [-0.05, 0) is 30.5 Å². The van der Waals surface area contributed by atoms with Crippen LogP contribution in [0.15, 0.2) is 30.3 Å². The Bertz CT molecular complexity index is 727. The number of pyridine rings is 1. The number of hydrogen-bond acceptors (Lipinski definition) is 6. The van der Waals surface area contributed by atoms with Gasteiger partial charge in [0.1, 0.15) is 18.1 Å². The van der Waals surface area contributed by atoms with Gasteiger partial charge in [0.25, 0.3) is 0 Å². The van der Waals surface area contributed by atoms with Crippen LogP contribution in [0, 0.1) is 0 Å². The summed E-state index contributed by atoms with van der Waals surface area (Å²) >= 11 is 0. The molecule has 6 heteroatoms. The van der Waals surface area contributed by atoms with Crippen molar-refractivity contribution in [3.8, 4) is 17.2 Å². The predicted molar refractivity (Wildman–Crippen MR) is 86.7 cm³/mol. The van der Waals surface area contributed by atoms with E-state index in [0.717, 1.165) is 29.8 Å². The van der Waals surface area contributed by atoms with Crippen LogP contribution < -0.4 is 14.2 Å². The van der Waals surface area contributed by atoms with Crippen LogP contribution in [0.3, 0.4) is 0 Å². The molecule has 3 rings (SSSR count). The molecule has 1 aliphatic heterocycles. The lowest BCUT2D eigenvalue weighted by Crippen LogP contribution is -2.15. The van der Waals surface area contributed by atoms with E-state index in [0.29, 0.717) is 24.7 Å². The van der Waals surface area contributed by atoms with Crippen LogP contribution in [0.1, 0.15) is 28.2 Å². The number of rotatable bonds is 5. The van der Waals surface area contributed by atoms with Gasteiger partial charge < -0.3 is 18.9 Å². The molecule has 1 aliphatic rings. The first-order valence-electron chi connectivity index (χ1n) is 7.72. The van der Waals surface area contributed by atoms with Crippen LogP contribution >= 0.6 is 0 Å². The van der Waals surface area contributed by atoms with E-state index in [1.165, 1.54) is 7.11 Å². The van der Waals surface area contributed by atoms with Gasteiger partial charge >= 0.3 is 5.97 Å². The Morgan fingerprint density at radius 1 is 1.25 bits per heavy atom. The van der Waals surface area contributed by atoms with Gasteiger partial charge in [-0.2, -0.15) is 0 Å². The fourth-order valence-corrected chi connectivity index (χ4v) is 2.48. The number of methoxy groups -OCH3 is 2. The molecular formula is C18H19NO5. The fraction of sp³-hybridized carbons (Fsp3) is 0.333. The number of aryl methyl sites for hydroxylation is 1. The lowest BCUT2D eigenvalue weighted by molar-refractivity contribution is 0.0587. The van der Waals surface area contributed by atoms with Gasteiger partial charge in [-0.1, -0.05) is 12.1 Å². The molecule has 6 nitrogen and oxygen atoms in total. The van der Waals surface area contributed by atoms with Crippen LogP contribution in [-0.2, 0) is 17.8 Å². The molecule has 24 heavy (non-hydrogen) atoms. The highest BCUT2D eigenvalue weighted by molar-refractivity contribution is 5.90. The van der Waals surface area contributed by atoms with Gasteiger partial charge in [0.05, 0.1) is 26.5 Å². The second-order valence-electron chi connectivity index (χ2n) is 5.36. The van der Waals surface area contributed by atoms with Gasteiger partial charge in [0.2, 0.25) is 0 Å². The average molecular weight is 329 g/mol. The number of carbonyl (C=O) groups is 1. The maximum absolute atomic E-state index is 12.0. The van der Waals surface area contributed by atoms with E-state index in [-0.39, 0.29) is 5.69 Å². The van der Waals surface area contributed by atoms with E-state index in [2.05, 4.69) is 4.98 Å². The summed E-state index contributed by atoms with van der Waals surface area (Å²) in [4.78, 5) is 16.4. The van der Waals surface area contributed by atoms with Crippen molar-refractivity contribution < 1.29 is 23.7 Å². The molecule has 0 fully saturated rings. The van der Waals surface area contributed by atoms with Crippen molar-refractivity contribution in [3.63, 3.8) is 0 Å². The Kier molecular flexibility index (Phi) is 4.84. The molecule has 0 atom stereocenters. The van der Waals surface area contributed by atoms with E-state index >= 15 is 0 Å². The number of fused-ring (bicyclic) bond motifs is 1. The summed E-state index contributed by atoms with van der Waals surface area (Å²) in [5, 5.41) is 0. The normalized spacial score (nSPS) is 12.8. The summed E-state index contributed by atoms with van der Waals surface area (Å²) < 4.78 is 21.3. The third-order valence-electron chi connectivity index (χ3n) is 3.77. The van der Waals surface area contributed by atoms with Crippen molar-refractivity contribution in [2.24, 2.45) is 0 Å². The zero-order chi connectivity index (χ0) is 16.9. The van der Waals surface area contributed by atoms with E-state index in [4.69, 9.17) is 18.9 Å². The molecule has 0 bridgehead atoms. The standard InChI is InChI=1S/C18H19NO5/c1-21-13-7-5-12(6-8-13)11-24-16-10-15-14(4-3-9-23-15)19-17(16)18(20)22-2/h5-8,10H,3-4,9,11H2,1-2H3. The van der Waals surface area contributed by atoms with Gasteiger partial charge in [-0.25, -0.2) is 9.78 Å². The van der Waals surface area contributed by atoms with Gasteiger partial charge in [-0.15, -0.1) is 0 Å². The van der Waals surface area contributed by atoms with Crippen molar-refractivity contribution in [1.29, 1.82) is 0 Å². The number of aromatic nitrogens is 1. The van der Waals surface area contributed by atoms with Crippen LogP contribution in [0.2, 0.25) is 0 Å². The first kappa shape index (κ1) is 16.1. The van der Waals surface area contributed by atoms with E-state index < -0.39 is 5.97 Å². The van der Waals surface area contributed by atoms with Crippen LogP contribution in [0.5, 0.6) is 17.2 Å². The second kappa shape index (κ2) is 7.21. The topological polar surface area (TPSA) is 66.9 Å². The minimum Gasteiger partial charge on any atom is -0.497 e. The smallest absolute Gasteiger partial charge is 0.360 e. The Morgan fingerprint density at radius 3 is 2.75 bits per heavy atom. The van der Waals surface area contributed by atoms with Crippen molar-refractivity contribution in [1.82, 2.24) is 4.98 Å². The highest BCUT2D eigenvalue weighted by atomic mass is 16.5. The van der Waals surface area contributed by atoms with Crippen molar-refractivity contribution in [3.05, 3.63) is 47.3 Å². The lowest BCUT2D eigenvalue weighted by atomic mass is 10.1. The van der Waals surface area contributed by atoms with Crippen molar-refractivity contribution in [2.75, 3.05) is 20.8 Å². The Morgan fingerprint density at radius 2 is 2.04 bits per heavy atom. The van der Waals surface area contributed by atoms with Crippen LogP contribution in [0.4, 0.5) is 0 Å². The third-order valence-corrected chi connectivity index (χ3v) is 3.77. The first-order chi connectivity index (χ1) is 11.7. The number of nitrogens with zero attached hydrogens (tertiary/aromatic N) is 1. The molecule has 0 unspecified atom stereocenters. The maximum atomic E-state index is 12.0. The summed E-state index contributed by atoms with van der Waals surface area (Å²) in [5.74, 6) is 1.28. The lowest BCUT2D eigenvalue weighted by Gasteiger charge is -2.19. The fourth-order valence-electron chi connectivity index (χ4n) is 2.48. The maximum Gasteiger partial charge on any atom is 0.360 e. The Hall–Kier alpha value is -2.76. The molecule has 0 spiro atoms. The highest BCUT2D eigenvalue weighted by Crippen LogP contribution is 2.31. The molecule has 1 aromatic carbocycles.